The second-order valence-electron chi connectivity index (χ2n) is 7.49. The number of rotatable bonds is 9. The highest BCUT2D eigenvalue weighted by atomic mass is 35.5. The maximum Gasteiger partial charge on any atom is 0.252 e. The van der Waals surface area contributed by atoms with E-state index in [1.807, 2.05) is 25.2 Å². The molecule has 1 heterocycles. The van der Waals surface area contributed by atoms with Gasteiger partial charge in [-0.25, -0.2) is 8.42 Å². The Morgan fingerprint density at radius 3 is 2.58 bits per heavy atom. The molecule has 1 aliphatic rings. The van der Waals surface area contributed by atoms with Crippen molar-refractivity contribution in [2.24, 2.45) is 0 Å². The van der Waals surface area contributed by atoms with Gasteiger partial charge in [0.2, 0.25) is 10.0 Å². The molecule has 0 aliphatic carbocycles. The fourth-order valence-electron chi connectivity index (χ4n) is 3.40. The van der Waals surface area contributed by atoms with Crippen LogP contribution < -0.4 is 5.32 Å². The summed E-state index contributed by atoms with van der Waals surface area (Å²) in [4.78, 5) is 14.9. The number of sulfonamides is 1. The van der Waals surface area contributed by atoms with Gasteiger partial charge in [-0.1, -0.05) is 41.9 Å². The van der Waals surface area contributed by atoms with Crippen molar-refractivity contribution in [1.82, 2.24) is 14.5 Å². The summed E-state index contributed by atoms with van der Waals surface area (Å²) in [5.74, 6) is 1.19. The van der Waals surface area contributed by atoms with Crippen LogP contribution in [0.3, 0.4) is 0 Å². The van der Waals surface area contributed by atoms with Gasteiger partial charge in [0.1, 0.15) is 0 Å². The minimum atomic E-state index is -3.63. The van der Waals surface area contributed by atoms with Gasteiger partial charge in [0.25, 0.3) is 5.91 Å². The van der Waals surface area contributed by atoms with Crippen LogP contribution in [0.15, 0.2) is 53.4 Å². The zero-order valence-corrected chi connectivity index (χ0v) is 20.0. The van der Waals surface area contributed by atoms with Crippen LogP contribution >= 0.6 is 23.4 Å². The third-order valence-electron chi connectivity index (χ3n) is 5.09. The van der Waals surface area contributed by atoms with Gasteiger partial charge in [0.15, 0.2) is 0 Å². The first kappa shape index (κ1) is 24.1. The van der Waals surface area contributed by atoms with Crippen molar-refractivity contribution < 1.29 is 13.2 Å². The molecule has 1 saturated heterocycles. The largest absolute Gasteiger partial charge is 0.352 e. The van der Waals surface area contributed by atoms with E-state index in [1.54, 1.807) is 11.8 Å². The highest BCUT2D eigenvalue weighted by Crippen LogP contribution is 2.25. The van der Waals surface area contributed by atoms with Crippen LogP contribution in [-0.2, 0) is 16.6 Å². The van der Waals surface area contributed by atoms with Gasteiger partial charge in [-0.15, -0.1) is 0 Å². The van der Waals surface area contributed by atoms with Crippen molar-refractivity contribution in [2.75, 3.05) is 44.7 Å². The summed E-state index contributed by atoms with van der Waals surface area (Å²) >= 11 is 7.94. The summed E-state index contributed by atoms with van der Waals surface area (Å²) in [6.07, 6.45) is 0.774. The van der Waals surface area contributed by atoms with E-state index in [4.69, 9.17) is 11.6 Å². The average molecular weight is 482 g/mol. The Morgan fingerprint density at radius 1 is 1.16 bits per heavy atom. The molecule has 6 nitrogen and oxygen atoms in total. The number of amides is 1. The number of benzene rings is 2. The smallest absolute Gasteiger partial charge is 0.252 e. The Bertz CT molecular complexity index is 981. The maximum atomic E-state index is 12.9. The Kier molecular flexibility index (Phi) is 8.80. The van der Waals surface area contributed by atoms with Gasteiger partial charge in [-0.05, 0) is 43.8 Å². The summed E-state index contributed by atoms with van der Waals surface area (Å²) in [6.45, 7) is 3.11. The van der Waals surface area contributed by atoms with Crippen molar-refractivity contribution in [3.63, 3.8) is 0 Å². The fourth-order valence-corrected chi connectivity index (χ4v) is 6.20. The molecular formula is C22H28ClN3O3S2. The van der Waals surface area contributed by atoms with E-state index in [9.17, 15) is 13.2 Å². The first-order valence-electron chi connectivity index (χ1n) is 10.3. The van der Waals surface area contributed by atoms with Crippen molar-refractivity contribution in [1.29, 1.82) is 0 Å². The molecule has 1 amide bonds. The van der Waals surface area contributed by atoms with Gasteiger partial charge in [0, 0.05) is 37.7 Å². The molecule has 0 atom stereocenters. The van der Waals surface area contributed by atoms with E-state index < -0.39 is 10.0 Å². The van der Waals surface area contributed by atoms with Crippen molar-refractivity contribution in [2.45, 2.75) is 17.9 Å². The molecule has 2 aromatic rings. The Balaban J connectivity index is 1.54. The molecule has 1 N–H and O–H groups in total. The first-order valence-corrected chi connectivity index (χ1v) is 13.2. The van der Waals surface area contributed by atoms with Crippen LogP contribution in [-0.4, -0.2) is 68.3 Å². The van der Waals surface area contributed by atoms with Crippen LogP contribution in [0, 0.1) is 0 Å². The van der Waals surface area contributed by atoms with Crippen LogP contribution in [0.5, 0.6) is 0 Å². The zero-order chi connectivity index (χ0) is 22.3. The summed E-state index contributed by atoms with van der Waals surface area (Å²) in [7, 11) is -1.59. The fraction of sp³-hybridized carbons (Fsp3) is 0.409. The molecule has 3 rings (SSSR count). The summed E-state index contributed by atoms with van der Waals surface area (Å²) < 4.78 is 27.3. The second-order valence-corrected chi connectivity index (χ2v) is 11.1. The molecule has 31 heavy (non-hydrogen) atoms. The molecule has 1 fully saturated rings. The number of hydrogen-bond acceptors (Lipinski definition) is 5. The minimum Gasteiger partial charge on any atom is -0.352 e. The van der Waals surface area contributed by atoms with Crippen LogP contribution in [0.2, 0.25) is 5.02 Å². The Labute approximate surface area is 194 Å². The standard InChI is InChI=1S/C22H28ClN3O3S2/c1-25(17-18-6-3-2-4-7-18)11-5-10-24-22(27)20-16-19(8-9-21(20)23)31(28,29)26-12-14-30-15-13-26/h2-4,6-9,16H,5,10-15,17H2,1H3,(H,24,27). The molecule has 168 valence electrons. The molecular weight excluding hydrogens is 454 g/mol. The van der Waals surface area contributed by atoms with E-state index in [0.717, 1.165) is 31.0 Å². The second kappa shape index (κ2) is 11.3. The van der Waals surface area contributed by atoms with E-state index >= 15 is 0 Å². The lowest BCUT2D eigenvalue weighted by Crippen LogP contribution is -2.38. The molecule has 1 aliphatic heterocycles. The number of nitrogens with one attached hydrogen (secondary N) is 1. The summed E-state index contributed by atoms with van der Waals surface area (Å²) in [6, 6.07) is 14.5. The van der Waals surface area contributed by atoms with Crippen molar-refractivity contribution in [3.05, 3.63) is 64.7 Å². The normalized spacial score (nSPS) is 15.2. The maximum absolute atomic E-state index is 12.9. The van der Waals surface area contributed by atoms with E-state index in [2.05, 4.69) is 22.3 Å². The van der Waals surface area contributed by atoms with Crippen LogP contribution in [0.4, 0.5) is 0 Å². The third kappa shape index (κ3) is 6.70. The van der Waals surface area contributed by atoms with Gasteiger partial charge >= 0.3 is 0 Å². The number of carbonyl (C=O) groups is 1. The van der Waals surface area contributed by atoms with Gasteiger partial charge in [-0.2, -0.15) is 16.1 Å². The average Bonchev–Trinajstić information content (AvgIpc) is 2.78. The van der Waals surface area contributed by atoms with Gasteiger partial charge in [0.05, 0.1) is 15.5 Å². The molecule has 9 heteroatoms. The predicted molar refractivity (Wildman–Crippen MR) is 127 cm³/mol. The lowest BCUT2D eigenvalue weighted by molar-refractivity contribution is 0.0952. The highest BCUT2D eigenvalue weighted by molar-refractivity contribution is 7.99. The molecule has 0 spiro atoms. The lowest BCUT2D eigenvalue weighted by Gasteiger charge is -2.25. The number of halogens is 1. The Morgan fingerprint density at radius 2 is 1.87 bits per heavy atom. The summed E-state index contributed by atoms with van der Waals surface area (Å²) in [5, 5.41) is 3.10. The quantitative estimate of drug-likeness (QED) is 0.556. The molecule has 0 unspecified atom stereocenters. The predicted octanol–water partition coefficient (Wildman–Crippen LogP) is 3.33. The topological polar surface area (TPSA) is 69.7 Å². The van der Waals surface area contributed by atoms with Crippen molar-refractivity contribution in [3.8, 4) is 0 Å². The number of carbonyl (C=O) groups excluding carboxylic acids is 1. The molecule has 0 aromatic heterocycles. The zero-order valence-electron chi connectivity index (χ0n) is 17.6. The Hall–Kier alpha value is -1.58. The van der Waals surface area contributed by atoms with Crippen LogP contribution in [0.25, 0.3) is 0 Å². The molecule has 0 bridgehead atoms. The minimum absolute atomic E-state index is 0.108. The number of hydrogen-bond donors (Lipinski definition) is 1. The SMILES string of the molecule is CN(CCCNC(=O)c1cc(S(=O)(=O)N2CCSCC2)ccc1Cl)Cc1ccccc1. The molecule has 2 aromatic carbocycles. The van der Waals surface area contributed by atoms with Crippen LogP contribution in [0.1, 0.15) is 22.3 Å². The van der Waals surface area contributed by atoms with E-state index in [0.29, 0.717) is 19.6 Å². The highest BCUT2D eigenvalue weighted by Gasteiger charge is 2.27. The first-order chi connectivity index (χ1) is 14.9. The molecule has 0 radical (unpaired) electrons. The summed E-state index contributed by atoms with van der Waals surface area (Å²) in [5.41, 5.74) is 1.43. The van der Waals surface area contributed by atoms with Crippen molar-refractivity contribution >= 4 is 39.3 Å². The number of thioether (sulfide) groups is 1. The van der Waals surface area contributed by atoms with E-state index in [1.165, 1.54) is 28.1 Å². The monoisotopic (exact) mass is 481 g/mol. The number of nitrogens with zero attached hydrogens (tertiary/aromatic N) is 2. The molecule has 0 saturated carbocycles. The third-order valence-corrected chi connectivity index (χ3v) is 8.25. The lowest BCUT2D eigenvalue weighted by atomic mass is 10.2. The van der Waals surface area contributed by atoms with Gasteiger partial charge in [-0.3, -0.25) is 4.79 Å². The van der Waals surface area contributed by atoms with Gasteiger partial charge < -0.3 is 10.2 Å². The van der Waals surface area contributed by atoms with E-state index in [-0.39, 0.29) is 21.4 Å².